The van der Waals surface area contributed by atoms with Gasteiger partial charge in [0.25, 0.3) is 0 Å². The average Bonchev–Trinajstić information content (AvgIpc) is 3.38. The van der Waals surface area contributed by atoms with E-state index in [2.05, 4.69) is 17.0 Å². The summed E-state index contributed by atoms with van der Waals surface area (Å²) in [6.45, 7) is 3.41. The van der Waals surface area contributed by atoms with Crippen molar-refractivity contribution < 1.29 is 9.59 Å². The molecule has 2 heterocycles. The van der Waals surface area contributed by atoms with Gasteiger partial charge in [-0.15, -0.1) is 0 Å². The molecule has 1 aliphatic carbocycles. The SMILES string of the molecule is NC(=O)[C@H]1CCN(CC2CC2)C[C@H]1C(=O)N1CC[C@@H]1c1ccccc1. The fourth-order valence-corrected chi connectivity index (χ4v) is 4.33. The lowest BCUT2D eigenvalue weighted by atomic mass is 9.82. The number of amides is 2. The Labute approximate surface area is 149 Å². The van der Waals surface area contributed by atoms with Crippen LogP contribution < -0.4 is 5.73 Å². The Balaban J connectivity index is 1.48. The minimum Gasteiger partial charge on any atom is -0.369 e. The smallest absolute Gasteiger partial charge is 0.228 e. The highest BCUT2D eigenvalue weighted by molar-refractivity contribution is 5.88. The first-order valence-electron chi connectivity index (χ1n) is 9.50. The van der Waals surface area contributed by atoms with Crippen LogP contribution in [0.25, 0.3) is 0 Å². The fourth-order valence-electron chi connectivity index (χ4n) is 4.33. The van der Waals surface area contributed by atoms with Crippen molar-refractivity contribution in [2.45, 2.75) is 31.7 Å². The number of benzene rings is 1. The van der Waals surface area contributed by atoms with Crippen molar-refractivity contribution in [2.24, 2.45) is 23.5 Å². The topological polar surface area (TPSA) is 66.6 Å². The van der Waals surface area contributed by atoms with Crippen molar-refractivity contribution in [1.29, 1.82) is 0 Å². The summed E-state index contributed by atoms with van der Waals surface area (Å²) in [6, 6.07) is 10.3. The van der Waals surface area contributed by atoms with Gasteiger partial charge in [-0.3, -0.25) is 9.59 Å². The molecular formula is C20H27N3O2. The molecule has 2 saturated heterocycles. The lowest BCUT2D eigenvalue weighted by Crippen LogP contribution is -2.55. The van der Waals surface area contributed by atoms with Crippen LogP contribution in [0.5, 0.6) is 0 Å². The predicted molar refractivity (Wildman–Crippen MR) is 95.5 cm³/mol. The van der Waals surface area contributed by atoms with E-state index in [0.717, 1.165) is 32.0 Å². The van der Waals surface area contributed by atoms with Crippen LogP contribution in [0.4, 0.5) is 0 Å². The van der Waals surface area contributed by atoms with Gasteiger partial charge in [-0.05, 0) is 43.7 Å². The molecule has 5 nitrogen and oxygen atoms in total. The largest absolute Gasteiger partial charge is 0.369 e. The molecule has 134 valence electrons. The number of carbonyl (C=O) groups is 2. The van der Waals surface area contributed by atoms with E-state index >= 15 is 0 Å². The molecule has 3 atom stereocenters. The summed E-state index contributed by atoms with van der Waals surface area (Å²) in [7, 11) is 0. The second kappa shape index (κ2) is 6.79. The van der Waals surface area contributed by atoms with E-state index in [9.17, 15) is 9.59 Å². The van der Waals surface area contributed by atoms with Crippen molar-refractivity contribution in [3.63, 3.8) is 0 Å². The van der Waals surface area contributed by atoms with Crippen LogP contribution in [0.2, 0.25) is 0 Å². The standard InChI is InChI=1S/C20H27N3O2/c21-19(24)16-8-10-22(12-14-6-7-14)13-17(16)20(25)23-11-9-18(23)15-4-2-1-3-5-15/h1-5,14,16-18H,6-13H2,(H2,21,24)/t16-,17+,18+/m0/s1. The number of nitrogens with zero attached hydrogens (tertiary/aromatic N) is 2. The Morgan fingerprint density at radius 3 is 2.36 bits per heavy atom. The normalized spacial score (nSPS) is 29.9. The quantitative estimate of drug-likeness (QED) is 0.888. The van der Waals surface area contributed by atoms with Gasteiger partial charge in [0.1, 0.15) is 0 Å². The van der Waals surface area contributed by atoms with Crippen molar-refractivity contribution >= 4 is 11.8 Å². The van der Waals surface area contributed by atoms with E-state index in [1.54, 1.807) is 0 Å². The summed E-state index contributed by atoms with van der Waals surface area (Å²) in [5.74, 6) is -0.0101. The number of hydrogen-bond donors (Lipinski definition) is 1. The third-order valence-electron chi connectivity index (χ3n) is 6.08. The van der Waals surface area contributed by atoms with Crippen LogP contribution in [0, 0.1) is 17.8 Å². The van der Waals surface area contributed by atoms with Gasteiger partial charge in [0.15, 0.2) is 0 Å². The van der Waals surface area contributed by atoms with Gasteiger partial charge in [0, 0.05) is 19.6 Å². The van der Waals surface area contributed by atoms with Gasteiger partial charge in [0.2, 0.25) is 11.8 Å². The number of rotatable bonds is 5. The number of carbonyl (C=O) groups excluding carboxylic acids is 2. The maximum absolute atomic E-state index is 13.2. The minimum absolute atomic E-state index is 0.115. The van der Waals surface area contributed by atoms with Crippen molar-refractivity contribution in [3.8, 4) is 0 Å². The Morgan fingerprint density at radius 1 is 1.00 bits per heavy atom. The van der Waals surface area contributed by atoms with Crippen LogP contribution in [0.15, 0.2) is 30.3 Å². The summed E-state index contributed by atoms with van der Waals surface area (Å²) >= 11 is 0. The third-order valence-corrected chi connectivity index (χ3v) is 6.08. The van der Waals surface area contributed by atoms with E-state index in [4.69, 9.17) is 5.73 Å². The van der Waals surface area contributed by atoms with E-state index in [-0.39, 0.29) is 29.7 Å². The van der Waals surface area contributed by atoms with Crippen molar-refractivity contribution in [1.82, 2.24) is 9.80 Å². The Morgan fingerprint density at radius 2 is 1.76 bits per heavy atom. The van der Waals surface area contributed by atoms with Gasteiger partial charge >= 0.3 is 0 Å². The molecule has 0 bridgehead atoms. The number of likely N-dealkylation sites (tertiary alicyclic amines) is 2. The highest BCUT2D eigenvalue weighted by Crippen LogP contribution is 2.38. The zero-order chi connectivity index (χ0) is 17.4. The van der Waals surface area contributed by atoms with Gasteiger partial charge in [-0.1, -0.05) is 30.3 Å². The molecule has 2 aliphatic heterocycles. The van der Waals surface area contributed by atoms with E-state index in [1.165, 1.54) is 18.4 Å². The molecule has 3 aliphatic rings. The van der Waals surface area contributed by atoms with Crippen LogP contribution in [0.1, 0.15) is 37.3 Å². The zero-order valence-electron chi connectivity index (χ0n) is 14.6. The predicted octanol–water partition coefficient (Wildman–Crippen LogP) is 1.79. The molecule has 1 aromatic carbocycles. The summed E-state index contributed by atoms with van der Waals surface area (Å²) in [4.78, 5) is 29.5. The first-order valence-corrected chi connectivity index (χ1v) is 9.50. The van der Waals surface area contributed by atoms with Gasteiger partial charge in [-0.2, -0.15) is 0 Å². The Bertz CT molecular complexity index is 644. The molecule has 2 amide bonds. The molecule has 0 aromatic heterocycles. The minimum atomic E-state index is -0.319. The molecular weight excluding hydrogens is 314 g/mol. The Kier molecular flexibility index (Phi) is 4.50. The molecule has 3 fully saturated rings. The number of nitrogens with two attached hydrogens (primary N) is 1. The highest BCUT2D eigenvalue weighted by atomic mass is 16.2. The fraction of sp³-hybridized carbons (Fsp3) is 0.600. The summed E-state index contributed by atoms with van der Waals surface area (Å²) < 4.78 is 0. The van der Waals surface area contributed by atoms with Crippen LogP contribution in [-0.4, -0.2) is 47.8 Å². The maximum atomic E-state index is 13.2. The molecule has 0 unspecified atom stereocenters. The summed E-state index contributed by atoms with van der Waals surface area (Å²) in [6.07, 6.45) is 4.31. The average molecular weight is 341 g/mol. The molecule has 2 N–H and O–H groups in total. The molecule has 4 rings (SSSR count). The lowest BCUT2D eigenvalue weighted by molar-refractivity contribution is -0.151. The second-order valence-corrected chi connectivity index (χ2v) is 7.85. The first kappa shape index (κ1) is 16.6. The number of hydrogen-bond acceptors (Lipinski definition) is 3. The van der Waals surface area contributed by atoms with E-state index in [1.807, 2.05) is 23.1 Å². The first-order chi connectivity index (χ1) is 12.1. The monoisotopic (exact) mass is 341 g/mol. The molecule has 0 radical (unpaired) electrons. The van der Waals surface area contributed by atoms with E-state index < -0.39 is 0 Å². The number of piperidine rings is 1. The summed E-state index contributed by atoms with van der Waals surface area (Å²) in [5, 5.41) is 0. The molecule has 0 spiro atoms. The second-order valence-electron chi connectivity index (χ2n) is 7.85. The van der Waals surface area contributed by atoms with Crippen LogP contribution in [0.3, 0.4) is 0 Å². The van der Waals surface area contributed by atoms with Crippen molar-refractivity contribution in [2.75, 3.05) is 26.2 Å². The van der Waals surface area contributed by atoms with Gasteiger partial charge < -0.3 is 15.5 Å². The van der Waals surface area contributed by atoms with E-state index in [0.29, 0.717) is 13.0 Å². The van der Waals surface area contributed by atoms with Gasteiger partial charge in [-0.25, -0.2) is 0 Å². The summed E-state index contributed by atoms with van der Waals surface area (Å²) in [5.41, 5.74) is 6.82. The van der Waals surface area contributed by atoms with Gasteiger partial charge in [0.05, 0.1) is 17.9 Å². The van der Waals surface area contributed by atoms with Crippen LogP contribution in [-0.2, 0) is 9.59 Å². The molecule has 1 aromatic rings. The maximum Gasteiger partial charge on any atom is 0.228 e. The lowest BCUT2D eigenvalue weighted by Gasteiger charge is -2.46. The van der Waals surface area contributed by atoms with Crippen LogP contribution >= 0.6 is 0 Å². The Hall–Kier alpha value is -1.88. The molecule has 1 saturated carbocycles. The highest BCUT2D eigenvalue weighted by Gasteiger charge is 2.44. The zero-order valence-corrected chi connectivity index (χ0v) is 14.6. The third kappa shape index (κ3) is 3.43. The number of primary amides is 1. The molecule has 25 heavy (non-hydrogen) atoms. The molecule has 5 heteroatoms. The van der Waals surface area contributed by atoms with Crippen molar-refractivity contribution in [3.05, 3.63) is 35.9 Å².